The lowest BCUT2D eigenvalue weighted by molar-refractivity contribution is 0.460. The molecule has 0 aliphatic heterocycles. The summed E-state index contributed by atoms with van der Waals surface area (Å²) in [5, 5.41) is 18.4. The van der Waals surface area contributed by atoms with Crippen molar-refractivity contribution in [2.45, 2.75) is 0 Å². The highest BCUT2D eigenvalue weighted by atomic mass is 16.3. The first-order chi connectivity index (χ1) is 5.66. The molecule has 0 saturated carbocycles. The first-order valence-electron chi connectivity index (χ1n) is 3.49. The zero-order valence-electron chi connectivity index (χ0n) is 6.62. The highest BCUT2D eigenvalue weighted by molar-refractivity contribution is 5.72. The standard InChI is InChI=1S/C10H10O2/c1-3-8-5-4-6-9(12)10(8)7(2)11/h3-6,11-12H,1-2H2. The Morgan fingerprint density at radius 2 is 2.08 bits per heavy atom. The SMILES string of the molecule is C=Cc1cccc(O)c1C(=C)O. The van der Waals surface area contributed by atoms with Crippen molar-refractivity contribution >= 4 is 11.8 Å². The number of phenolic OH excluding ortho intramolecular Hbond substituents is 1. The number of hydrogen-bond acceptors (Lipinski definition) is 2. The van der Waals surface area contributed by atoms with E-state index in [1.165, 1.54) is 6.07 Å². The number of phenols is 1. The van der Waals surface area contributed by atoms with Crippen LogP contribution in [0.25, 0.3) is 11.8 Å². The minimum atomic E-state index is -0.150. The van der Waals surface area contributed by atoms with Crippen molar-refractivity contribution < 1.29 is 10.2 Å². The summed E-state index contributed by atoms with van der Waals surface area (Å²) >= 11 is 0. The van der Waals surface area contributed by atoms with Gasteiger partial charge < -0.3 is 10.2 Å². The largest absolute Gasteiger partial charge is 0.508 e. The van der Waals surface area contributed by atoms with Crippen molar-refractivity contribution in [2.24, 2.45) is 0 Å². The van der Waals surface area contributed by atoms with Crippen molar-refractivity contribution in [3.8, 4) is 5.75 Å². The van der Waals surface area contributed by atoms with Gasteiger partial charge in [0.05, 0.1) is 5.56 Å². The molecule has 2 N–H and O–H groups in total. The predicted molar refractivity (Wildman–Crippen MR) is 49.9 cm³/mol. The molecule has 0 fully saturated rings. The molecule has 0 spiro atoms. The maximum absolute atomic E-state index is 9.32. The molecule has 0 aliphatic rings. The van der Waals surface area contributed by atoms with E-state index in [-0.39, 0.29) is 11.5 Å². The smallest absolute Gasteiger partial charge is 0.127 e. The second kappa shape index (κ2) is 3.13. The maximum atomic E-state index is 9.32. The van der Waals surface area contributed by atoms with E-state index < -0.39 is 0 Å². The summed E-state index contributed by atoms with van der Waals surface area (Å²) in [6, 6.07) is 4.91. The summed E-state index contributed by atoms with van der Waals surface area (Å²) in [5.74, 6) is -0.136. The van der Waals surface area contributed by atoms with Gasteiger partial charge in [-0.05, 0) is 11.6 Å². The minimum Gasteiger partial charge on any atom is -0.508 e. The van der Waals surface area contributed by atoms with Crippen LogP contribution < -0.4 is 0 Å². The minimum absolute atomic E-state index is 0.0138. The van der Waals surface area contributed by atoms with Gasteiger partial charge in [-0.3, -0.25) is 0 Å². The third kappa shape index (κ3) is 1.32. The highest BCUT2D eigenvalue weighted by Crippen LogP contribution is 2.26. The Balaban J connectivity index is 3.39. The lowest BCUT2D eigenvalue weighted by atomic mass is 10.1. The van der Waals surface area contributed by atoms with Crippen molar-refractivity contribution in [2.75, 3.05) is 0 Å². The van der Waals surface area contributed by atoms with Gasteiger partial charge in [-0.1, -0.05) is 31.4 Å². The summed E-state index contributed by atoms with van der Waals surface area (Å²) in [6.07, 6.45) is 1.55. The van der Waals surface area contributed by atoms with E-state index in [4.69, 9.17) is 5.11 Å². The van der Waals surface area contributed by atoms with Crippen LogP contribution in [0.1, 0.15) is 11.1 Å². The van der Waals surface area contributed by atoms with Gasteiger partial charge in [0, 0.05) is 0 Å². The Bertz CT molecular complexity index is 327. The average Bonchev–Trinajstić information content (AvgIpc) is 2.03. The number of hydrogen-bond donors (Lipinski definition) is 2. The molecule has 0 amide bonds. The lowest BCUT2D eigenvalue weighted by Crippen LogP contribution is -1.86. The Kier molecular flexibility index (Phi) is 2.19. The van der Waals surface area contributed by atoms with Crippen LogP contribution in [-0.4, -0.2) is 10.2 Å². The topological polar surface area (TPSA) is 40.5 Å². The molecule has 0 unspecified atom stereocenters. The molecule has 1 rings (SSSR count). The van der Waals surface area contributed by atoms with Crippen LogP contribution in [0.3, 0.4) is 0 Å². The van der Waals surface area contributed by atoms with Gasteiger partial charge in [0.15, 0.2) is 0 Å². The van der Waals surface area contributed by atoms with Crippen molar-refractivity contribution in [3.63, 3.8) is 0 Å². The molecule has 0 heterocycles. The number of aliphatic hydroxyl groups excluding tert-OH is 1. The zero-order valence-corrected chi connectivity index (χ0v) is 6.62. The van der Waals surface area contributed by atoms with E-state index in [1.807, 2.05) is 0 Å². The number of aromatic hydroxyl groups is 1. The van der Waals surface area contributed by atoms with Gasteiger partial charge in [-0.2, -0.15) is 0 Å². The molecule has 0 aliphatic carbocycles. The van der Waals surface area contributed by atoms with Gasteiger partial charge in [0.1, 0.15) is 11.5 Å². The quantitative estimate of drug-likeness (QED) is 0.656. The number of aliphatic hydroxyl groups is 1. The van der Waals surface area contributed by atoms with Crippen LogP contribution >= 0.6 is 0 Å². The zero-order chi connectivity index (χ0) is 9.14. The summed E-state index contributed by atoms with van der Waals surface area (Å²) in [4.78, 5) is 0. The van der Waals surface area contributed by atoms with Crippen LogP contribution in [0, 0.1) is 0 Å². The second-order valence-corrected chi connectivity index (χ2v) is 2.39. The molecular formula is C10H10O2. The first kappa shape index (κ1) is 8.40. The van der Waals surface area contributed by atoms with E-state index in [0.717, 1.165) is 0 Å². The Hall–Kier alpha value is -1.70. The van der Waals surface area contributed by atoms with Gasteiger partial charge >= 0.3 is 0 Å². The predicted octanol–water partition coefficient (Wildman–Crippen LogP) is 2.56. The van der Waals surface area contributed by atoms with Crippen LogP contribution in [0.5, 0.6) is 5.75 Å². The molecule has 0 atom stereocenters. The maximum Gasteiger partial charge on any atom is 0.127 e. The fraction of sp³-hybridized carbons (Fsp3) is 0. The van der Waals surface area contributed by atoms with Crippen LogP contribution in [0.4, 0.5) is 0 Å². The third-order valence-corrected chi connectivity index (χ3v) is 1.58. The van der Waals surface area contributed by atoms with Crippen molar-refractivity contribution in [3.05, 3.63) is 42.5 Å². The molecule has 1 aromatic carbocycles. The van der Waals surface area contributed by atoms with Crippen LogP contribution in [0.2, 0.25) is 0 Å². The molecule has 0 bridgehead atoms. The molecule has 1 aromatic rings. The number of benzene rings is 1. The molecule has 2 nitrogen and oxygen atoms in total. The number of rotatable bonds is 2. The van der Waals surface area contributed by atoms with Gasteiger partial charge in [0.25, 0.3) is 0 Å². The molecular weight excluding hydrogens is 152 g/mol. The van der Waals surface area contributed by atoms with Crippen LogP contribution in [-0.2, 0) is 0 Å². The average molecular weight is 162 g/mol. The van der Waals surface area contributed by atoms with Crippen LogP contribution in [0.15, 0.2) is 31.4 Å². The summed E-state index contributed by atoms with van der Waals surface area (Å²) < 4.78 is 0. The summed E-state index contributed by atoms with van der Waals surface area (Å²) in [7, 11) is 0. The second-order valence-electron chi connectivity index (χ2n) is 2.39. The molecule has 12 heavy (non-hydrogen) atoms. The Morgan fingerprint density at radius 3 is 2.50 bits per heavy atom. The van der Waals surface area contributed by atoms with E-state index in [2.05, 4.69) is 13.2 Å². The van der Waals surface area contributed by atoms with E-state index in [9.17, 15) is 5.11 Å². The van der Waals surface area contributed by atoms with Gasteiger partial charge in [-0.15, -0.1) is 0 Å². The first-order valence-corrected chi connectivity index (χ1v) is 3.49. The molecule has 0 saturated heterocycles. The van der Waals surface area contributed by atoms with Crippen molar-refractivity contribution in [1.82, 2.24) is 0 Å². The molecule has 0 aromatic heterocycles. The van der Waals surface area contributed by atoms with E-state index in [1.54, 1.807) is 18.2 Å². The normalized spacial score (nSPS) is 9.33. The summed E-state index contributed by atoms with van der Waals surface area (Å²) in [5.41, 5.74) is 1.01. The fourth-order valence-corrected chi connectivity index (χ4v) is 1.04. The van der Waals surface area contributed by atoms with E-state index in [0.29, 0.717) is 11.1 Å². The summed E-state index contributed by atoms with van der Waals surface area (Å²) in [6.45, 7) is 6.89. The Labute approximate surface area is 71.1 Å². The molecule has 62 valence electrons. The Morgan fingerprint density at radius 1 is 1.42 bits per heavy atom. The van der Waals surface area contributed by atoms with Crippen molar-refractivity contribution in [1.29, 1.82) is 0 Å². The van der Waals surface area contributed by atoms with Gasteiger partial charge in [0.2, 0.25) is 0 Å². The van der Waals surface area contributed by atoms with E-state index >= 15 is 0 Å². The molecule has 0 radical (unpaired) electrons. The lowest BCUT2D eigenvalue weighted by Gasteiger charge is -2.05. The van der Waals surface area contributed by atoms with Gasteiger partial charge in [-0.25, -0.2) is 0 Å². The monoisotopic (exact) mass is 162 g/mol. The third-order valence-electron chi connectivity index (χ3n) is 1.58. The highest BCUT2D eigenvalue weighted by Gasteiger charge is 2.06. The fourth-order valence-electron chi connectivity index (χ4n) is 1.04. The molecule has 2 heteroatoms.